The minimum absolute atomic E-state index is 1.04. The lowest BCUT2D eigenvalue weighted by Crippen LogP contribution is -1.91. The smallest absolute Gasteiger partial charge is 0.00923 e. The first-order valence-electron chi connectivity index (χ1n) is 16.7. The van der Waals surface area contributed by atoms with Crippen LogP contribution in [-0.4, -0.2) is 0 Å². The van der Waals surface area contributed by atoms with Gasteiger partial charge in [0.2, 0.25) is 0 Å². The van der Waals surface area contributed by atoms with Crippen molar-refractivity contribution < 1.29 is 0 Å². The third kappa shape index (κ3) is 4.30. The van der Waals surface area contributed by atoms with E-state index in [9.17, 15) is 0 Å². The maximum Gasteiger partial charge on any atom is -0.00923 e. The maximum absolute atomic E-state index is 4.37. The van der Waals surface area contributed by atoms with E-state index < -0.39 is 0 Å². The van der Waals surface area contributed by atoms with Gasteiger partial charge in [0.05, 0.1) is 0 Å². The molecule has 0 fully saturated rings. The summed E-state index contributed by atoms with van der Waals surface area (Å²) in [6, 6.07) is 54.1. The van der Waals surface area contributed by atoms with Gasteiger partial charge in [-0.05, 0) is 142 Å². The van der Waals surface area contributed by atoms with Gasteiger partial charge in [-0.15, -0.1) is 0 Å². The number of aryl methyl sites for hydroxylation is 1. The number of hydrogen-bond acceptors (Lipinski definition) is 0. The van der Waals surface area contributed by atoms with E-state index in [2.05, 4.69) is 171 Å². The molecule has 0 aliphatic heterocycles. The van der Waals surface area contributed by atoms with E-state index in [0.29, 0.717) is 0 Å². The first-order chi connectivity index (χ1) is 23.6. The topological polar surface area (TPSA) is 0 Å². The molecule has 0 unspecified atom stereocenters. The molecule has 0 nitrogen and oxygen atoms in total. The number of benzene rings is 9. The lowest BCUT2D eigenvalue weighted by Gasteiger charge is -2.17. The van der Waals surface area contributed by atoms with Crippen molar-refractivity contribution >= 4 is 70.2 Å². The Hall–Kier alpha value is -5.98. The molecule has 9 aromatic carbocycles. The molecule has 0 amide bonds. The van der Waals surface area contributed by atoms with Crippen LogP contribution in [0.25, 0.3) is 92.5 Å². The zero-order valence-corrected chi connectivity index (χ0v) is 27.2. The monoisotopic (exact) mass is 610 g/mol. The van der Waals surface area contributed by atoms with Crippen molar-refractivity contribution in [1.29, 1.82) is 0 Å². The highest BCUT2D eigenvalue weighted by Gasteiger charge is 2.16. The summed E-state index contributed by atoms with van der Waals surface area (Å²) in [4.78, 5) is 0. The Balaban J connectivity index is 1.34. The van der Waals surface area contributed by atoms with Crippen LogP contribution in [0.3, 0.4) is 0 Å². The molecule has 0 saturated carbocycles. The van der Waals surface area contributed by atoms with Gasteiger partial charge in [0.25, 0.3) is 0 Å². The SMILES string of the molecule is C=C(/C=C\C)c1cc(-c2cc3c4ccccc4c(-c4ccc5c6ccccc6c6ccccc6c5c4)cc3c3ccccc23)ccc1C. The molecule has 9 rings (SSSR count). The molecular weight excluding hydrogens is 577 g/mol. The lowest BCUT2D eigenvalue weighted by molar-refractivity contribution is 1.43. The van der Waals surface area contributed by atoms with Gasteiger partial charge in [-0.1, -0.05) is 140 Å². The van der Waals surface area contributed by atoms with Crippen molar-refractivity contribution in [2.75, 3.05) is 0 Å². The summed E-state index contributed by atoms with van der Waals surface area (Å²) < 4.78 is 0. The zero-order chi connectivity index (χ0) is 32.4. The molecular formula is C48H34. The quantitative estimate of drug-likeness (QED) is 0.137. The summed E-state index contributed by atoms with van der Waals surface area (Å²) in [5, 5.41) is 15.4. The lowest BCUT2D eigenvalue weighted by atomic mass is 9.86. The summed E-state index contributed by atoms with van der Waals surface area (Å²) >= 11 is 0. The van der Waals surface area contributed by atoms with Crippen molar-refractivity contribution in [3.63, 3.8) is 0 Å². The van der Waals surface area contributed by atoms with E-state index >= 15 is 0 Å². The fourth-order valence-electron chi connectivity index (χ4n) is 7.93. The van der Waals surface area contributed by atoms with Gasteiger partial charge >= 0.3 is 0 Å². The van der Waals surface area contributed by atoms with Crippen LogP contribution in [0.5, 0.6) is 0 Å². The molecule has 0 radical (unpaired) electrons. The van der Waals surface area contributed by atoms with Crippen LogP contribution < -0.4 is 0 Å². The normalized spacial score (nSPS) is 12.0. The van der Waals surface area contributed by atoms with Gasteiger partial charge in [-0.3, -0.25) is 0 Å². The predicted octanol–water partition coefficient (Wildman–Crippen LogP) is 13.8. The second kappa shape index (κ2) is 11.1. The fraction of sp³-hybridized carbons (Fsp3) is 0.0417. The van der Waals surface area contributed by atoms with Crippen LogP contribution in [0.2, 0.25) is 0 Å². The Bertz CT molecular complexity index is 2770. The Kier molecular flexibility index (Phi) is 6.52. The molecule has 0 bridgehead atoms. The molecule has 0 saturated heterocycles. The van der Waals surface area contributed by atoms with E-state index in [1.165, 1.54) is 98.0 Å². The third-order valence-electron chi connectivity index (χ3n) is 10.2. The highest BCUT2D eigenvalue weighted by atomic mass is 14.2. The number of allylic oxidation sites excluding steroid dienone is 3. The average Bonchev–Trinajstić information content (AvgIpc) is 3.14. The van der Waals surface area contributed by atoms with Crippen LogP contribution in [0, 0.1) is 6.92 Å². The van der Waals surface area contributed by atoms with Crippen molar-refractivity contribution in [2.24, 2.45) is 0 Å². The number of rotatable bonds is 4. The van der Waals surface area contributed by atoms with Crippen molar-refractivity contribution in [2.45, 2.75) is 13.8 Å². The minimum atomic E-state index is 1.04. The van der Waals surface area contributed by atoms with Gasteiger partial charge < -0.3 is 0 Å². The Labute approximate surface area is 280 Å². The molecule has 0 heterocycles. The molecule has 0 heteroatoms. The van der Waals surface area contributed by atoms with Crippen LogP contribution in [0.1, 0.15) is 18.1 Å². The standard InChI is InChI=1S/C48H34/c1-4-13-30(2)43-26-32(23-22-31(43)3)44-28-47-41-21-12-9-18-38(41)45(29-48(47)40-20-11-8-17-37(40)44)33-24-25-42-36-16-6-5-14-34(36)35-15-7-10-19-39(35)46(42)27-33/h4-29H,2H2,1,3H3/b13-4-. The van der Waals surface area contributed by atoms with E-state index in [1.54, 1.807) is 0 Å². The predicted molar refractivity (Wildman–Crippen MR) is 211 cm³/mol. The molecule has 226 valence electrons. The van der Waals surface area contributed by atoms with Gasteiger partial charge in [0, 0.05) is 0 Å². The van der Waals surface area contributed by atoms with Crippen molar-refractivity contribution in [3.8, 4) is 22.3 Å². The van der Waals surface area contributed by atoms with Crippen LogP contribution in [-0.2, 0) is 0 Å². The number of fused-ring (bicyclic) bond motifs is 11. The van der Waals surface area contributed by atoms with Gasteiger partial charge in [-0.25, -0.2) is 0 Å². The fourth-order valence-corrected chi connectivity index (χ4v) is 7.93. The molecule has 9 aromatic rings. The average molecular weight is 611 g/mol. The summed E-state index contributed by atoms with van der Waals surface area (Å²) in [6.45, 7) is 8.58. The van der Waals surface area contributed by atoms with Crippen LogP contribution >= 0.6 is 0 Å². The molecule has 0 aliphatic rings. The molecule has 0 atom stereocenters. The first kappa shape index (κ1) is 28.3. The largest absolute Gasteiger partial charge is 0.0912 e. The van der Waals surface area contributed by atoms with E-state index in [0.717, 1.165) is 5.57 Å². The summed E-state index contributed by atoms with van der Waals surface area (Å²) in [6.07, 6.45) is 4.15. The van der Waals surface area contributed by atoms with Crippen LogP contribution in [0.4, 0.5) is 0 Å². The number of hydrogen-bond donors (Lipinski definition) is 0. The summed E-state index contributed by atoms with van der Waals surface area (Å²) in [5.41, 5.74) is 8.41. The van der Waals surface area contributed by atoms with Crippen molar-refractivity contribution in [1.82, 2.24) is 0 Å². The van der Waals surface area contributed by atoms with Gasteiger partial charge in [0.1, 0.15) is 0 Å². The van der Waals surface area contributed by atoms with Gasteiger partial charge in [0.15, 0.2) is 0 Å². The summed E-state index contributed by atoms with van der Waals surface area (Å²) in [5.74, 6) is 0. The van der Waals surface area contributed by atoms with E-state index in [1.807, 2.05) is 6.92 Å². The highest BCUT2D eigenvalue weighted by molar-refractivity contribution is 6.27. The van der Waals surface area contributed by atoms with Gasteiger partial charge in [-0.2, -0.15) is 0 Å². The van der Waals surface area contributed by atoms with Crippen LogP contribution in [0.15, 0.2) is 164 Å². The zero-order valence-electron chi connectivity index (χ0n) is 27.2. The maximum atomic E-state index is 4.37. The second-order valence-corrected chi connectivity index (χ2v) is 12.9. The first-order valence-corrected chi connectivity index (χ1v) is 16.7. The third-order valence-corrected chi connectivity index (χ3v) is 10.2. The van der Waals surface area contributed by atoms with Crippen molar-refractivity contribution in [3.05, 3.63) is 175 Å². The molecule has 0 aliphatic carbocycles. The Morgan fingerprint density at radius 3 is 1.29 bits per heavy atom. The highest BCUT2D eigenvalue weighted by Crippen LogP contribution is 2.44. The van der Waals surface area contributed by atoms with E-state index in [-0.39, 0.29) is 0 Å². The Morgan fingerprint density at radius 1 is 0.417 bits per heavy atom. The second-order valence-electron chi connectivity index (χ2n) is 12.9. The molecule has 48 heavy (non-hydrogen) atoms. The molecule has 0 spiro atoms. The molecule has 0 N–H and O–H groups in total. The van der Waals surface area contributed by atoms with E-state index in [4.69, 9.17) is 0 Å². The minimum Gasteiger partial charge on any atom is -0.0912 e. The Morgan fingerprint density at radius 2 is 0.792 bits per heavy atom. The summed E-state index contributed by atoms with van der Waals surface area (Å²) in [7, 11) is 0. The molecule has 0 aromatic heterocycles.